The first-order chi connectivity index (χ1) is 17.1. The van der Waals surface area contributed by atoms with Gasteiger partial charge in [-0.25, -0.2) is 0 Å². The predicted molar refractivity (Wildman–Crippen MR) is 158 cm³/mol. The predicted octanol–water partition coefficient (Wildman–Crippen LogP) is 4.77. The smallest absolute Gasteiger partial charge is 1.00 e. The Morgan fingerprint density at radius 2 is 0.872 bits per heavy atom. The van der Waals surface area contributed by atoms with Gasteiger partial charge in [0.15, 0.2) is 0 Å². The van der Waals surface area contributed by atoms with Crippen LogP contribution in [0.5, 0.6) is 0 Å². The Bertz CT molecular complexity index is 1020. The summed E-state index contributed by atoms with van der Waals surface area (Å²) in [6, 6.07) is 0. The van der Waals surface area contributed by atoms with Crippen molar-refractivity contribution in [2.45, 2.75) is 149 Å². The van der Waals surface area contributed by atoms with Crippen molar-refractivity contribution >= 4 is 16.6 Å². The minimum Gasteiger partial charge on any atom is -1.00 e. The molecule has 39 heavy (non-hydrogen) atoms. The van der Waals surface area contributed by atoms with Crippen molar-refractivity contribution < 1.29 is 56.9 Å². The number of halogens is 2. The number of rotatable bonds is 4. The van der Waals surface area contributed by atoms with Crippen molar-refractivity contribution in [1.29, 1.82) is 0 Å². The molecule has 0 aromatic carbocycles. The van der Waals surface area contributed by atoms with E-state index in [1.807, 2.05) is 11.1 Å². The third-order valence-electron chi connectivity index (χ3n) is 10.9. The largest absolute Gasteiger partial charge is 1.00 e. The van der Waals surface area contributed by atoms with Crippen molar-refractivity contribution in [3.05, 3.63) is 45.0 Å². The molecule has 5 rings (SSSR count). The maximum atomic E-state index is 7.27. The summed E-state index contributed by atoms with van der Waals surface area (Å²) >= 11 is -0.773. The summed E-state index contributed by atoms with van der Waals surface area (Å²) in [5, 5.41) is 0.480. The zero-order valence-corrected chi connectivity index (χ0v) is 32.3. The fraction of sp³-hybridized carbons (Fsp3) is 0.750. The van der Waals surface area contributed by atoms with E-state index in [-0.39, 0.29) is 34.9 Å². The molecule has 0 aromatic rings. The van der Waals surface area contributed by atoms with Crippen LogP contribution < -0.4 is 24.8 Å². The van der Waals surface area contributed by atoms with E-state index in [4.69, 9.17) is 8.85 Å². The van der Waals surface area contributed by atoms with Crippen LogP contribution in [0.25, 0.3) is 0 Å². The number of hydrogen-bond acceptors (Lipinski definition) is 2. The van der Waals surface area contributed by atoms with Crippen LogP contribution in [0, 0.1) is 0 Å². The first kappa shape index (κ1) is 34.0. The molecule has 5 aliphatic rings. The molecule has 0 aromatic heterocycles. The Hall–Kier alpha value is 0.457. The van der Waals surface area contributed by atoms with Crippen LogP contribution in [-0.2, 0) is 32.1 Å². The molecule has 0 radical (unpaired) electrons. The Balaban J connectivity index is 0.00000210. The molecule has 1 heterocycles. The standard InChI is InChI=1S/C32H52O2Si2.2ClH.Zr/c1-31(2,3)35(7,8)33-29-25(21-23-15-11-13-17-27(23)29)19-20-26-22-24-16-12-14-18-28(24)30(26)34-36(9,10)32(4,5)6;;;/h21-22H,11-20H2,1-10H3;2*1H;/q;;;+2/p-2. The number of hydrogen-bond donors (Lipinski definition) is 0. The Labute approximate surface area is 266 Å². The zero-order chi connectivity index (χ0) is 27.0. The van der Waals surface area contributed by atoms with Gasteiger partial charge in [-0.05, 0) is 0 Å². The SMILES string of the molecule is CC(C)(C)[Si](C)(C)OC1=C2CCC3=C(O[Si](C)(C)C(C)(C)C)C4=C(CCCC4)[C@@H]3[Zr+2][C@@H]2C2=C1CCCC2.[Cl-].[Cl-]. The minimum atomic E-state index is -1.88. The van der Waals surface area contributed by atoms with Crippen LogP contribution in [0.1, 0.15) is 106 Å². The summed E-state index contributed by atoms with van der Waals surface area (Å²) in [7, 11) is -3.75. The Morgan fingerprint density at radius 1 is 0.538 bits per heavy atom. The van der Waals surface area contributed by atoms with Gasteiger partial charge in [0, 0.05) is 0 Å². The molecule has 0 amide bonds. The van der Waals surface area contributed by atoms with Crippen molar-refractivity contribution in [1.82, 2.24) is 0 Å². The van der Waals surface area contributed by atoms with Gasteiger partial charge in [-0.2, -0.15) is 0 Å². The monoisotopic (exact) mass is 684 g/mol. The second-order valence-electron chi connectivity index (χ2n) is 15.4. The first-order valence-corrected chi connectivity index (χ1v) is 23.8. The van der Waals surface area contributed by atoms with E-state index >= 15 is 0 Å². The molecular weight excluding hydrogens is 635 g/mol. The van der Waals surface area contributed by atoms with Crippen LogP contribution in [0.3, 0.4) is 0 Å². The number of allylic oxidation sites excluding steroid dienone is 6. The third kappa shape index (κ3) is 6.11. The van der Waals surface area contributed by atoms with Gasteiger partial charge in [0.25, 0.3) is 0 Å². The van der Waals surface area contributed by atoms with Gasteiger partial charge in [-0.15, -0.1) is 0 Å². The molecule has 2 nitrogen and oxygen atoms in total. The van der Waals surface area contributed by atoms with E-state index in [0.29, 0.717) is 0 Å². The van der Waals surface area contributed by atoms with Gasteiger partial charge in [0.05, 0.1) is 0 Å². The first-order valence-electron chi connectivity index (χ1n) is 15.2. The molecule has 1 fully saturated rings. The summed E-state index contributed by atoms with van der Waals surface area (Å²) < 4.78 is 16.1. The van der Waals surface area contributed by atoms with Gasteiger partial charge >= 0.3 is 243 Å². The average Bonchev–Trinajstić information content (AvgIpc) is 3.14. The molecule has 0 bridgehead atoms. The third-order valence-corrected chi connectivity index (χ3v) is 24.6. The zero-order valence-electron chi connectivity index (χ0n) is 26.3. The minimum absolute atomic E-state index is 0. The fourth-order valence-corrected chi connectivity index (χ4v) is 14.4. The second kappa shape index (κ2) is 11.9. The van der Waals surface area contributed by atoms with Crippen LogP contribution in [0.4, 0.5) is 0 Å². The normalized spacial score (nSPS) is 25.4. The van der Waals surface area contributed by atoms with E-state index in [1.54, 1.807) is 22.3 Å². The Kier molecular flexibility index (Phi) is 10.3. The molecule has 2 atom stereocenters. The second-order valence-corrected chi connectivity index (χ2v) is 28.5. The summed E-state index contributed by atoms with van der Waals surface area (Å²) in [5.41, 5.74) is 10.5. The molecular formula is C32H52Cl2O2Si2Zr. The molecule has 4 aliphatic carbocycles. The van der Waals surface area contributed by atoms with E-state index < -0.39 is 39.9 Å². The van der Waals surface area contributed by atoms with Crippen LogP contribution in [0.15, 0.2) is 45.0 Å². The maximum absolute atomic E-state index is 7.27. The van der Waals surface area contributed by atoms with Crippen molar-refractivity contribution in [3.8, 4) is 0 Å². The summed E-state index contributed by atoms with van der Waals surface area (Å²) in [5.74, 6) is 2.83. The number of fused-ring (bicyclic) bond motifs is 4. The van der Waals surface area contributed by atoms with Crippen molar-refractivity contribution in [3.63, 3.8) is 0 Å². The molecule has 0 N–H and O–H groups in total. The molecule has 7 heteroatoms. The molecule has 1 saturated heterocycles. The van der Waals surface area contributed by atoms with Crippen LogP contribution >= 0.6 is 0 Å². The Morgan fingerprint density at radius 3 is 1.21 bits per heavy atom. The van der Waals surface area contributed by atoms with Crippen LogP contribution in [-0.4, -0.2) is 16.6 Å². The molecule has 0 saturated carbocycles. The topological polar surface area (TPSA) is 18.5 Å². The quantitative estimate of drug-likeness (QED) is 0.397. The van der Waals surface area contributed by atoms with Crippen LogP contribution in [0.2, 0.25) is 43.5 Å². The van der Waals surface area contributed by atoms with E-state index in [1.165, 1.54) is 75.7 Å². The van der Waals surface area contributed by atoms with E-state index in [0.717, 1.165) is 7.25 Å². The van der Waals surface area contributed by atoms with Gasteiger partial charge in [-0.3, -0.25) is 0 Å². The van der Waals surface area contributed by atoms with Crippen molar-refractivity contribution in [2.75, 3.05) is 0 Å². The van der Waals surface area contributed by atoms with E-state index in [2.05, 4.69) is 67.7 Å². The summed E-state index contributed by atoms with van der Waals surface area (Å²) in [6.07, 6.45) is 13.1. The van der Waals surface area contributed by atoms with Crippen molar-refractivity contribution in [2.24, 2.45) is 0 Å². The average molecular weight is 687 g/mol. The molecule has 0 spiro atoms. The summed E-state index contributed by atoms with van der Waals surface area (Å²) in [4.78, 5) is 0. The maximum Gasteiger partial charge on any atom is -1.00 e. The summed E-state index contributed by atoms with van der Waals surface area (Å²) in [6.45, 7) is 24.2. The molecule has 1 aliphatic heterocycles. The van der Waals surface area contributed by atoms with Gasteiger partial charge in [0.2, 0.25) is 0 Å². The van der Waals surface area contributed by atoms with E-state index in [9.17, 15) is 0 Å². The molecule has 218 valence electrons. The molecule has 0 unspecified atom stereocenters. The van der Waals surface area contributed by atoms with Gasteiger partial charge in [-0.1, -0.05) is 0 Å². The van der Waals surface area contributed by atoms with Gasteiger partial charge in [0.1, 0.15) is 0 Å². The fourth-order valence-electron chi connectivity index (χ4n) is 6.51. The van der Waals surface area contributed by atoms with Gasteiger partial charge < -0.3 is 24.8 Å².